The van der Waals surface area contributed by atoms with Crippen LogP contribution in [0.15, 0.2) is 18.2 Å². The first-order chi connectivity index (χ1) is 10.00. The van der Waals surface area contributed by atoms with Crippen LogP contribution >= 0.6 is 0 Å². The fraction of sp³-hybridized carbons (Fsp3) is 0.588. The molecule has 0 heterocycles. The number of methoxy groups -OCH3 is 1. The van der Waals surface area contributed by atoms with Crippen molar-refractivity contribution in [3.63, 3.8) is 0 Å². The Morgan fingerprint density at radius 3 is 2.32 bits per heavy atom. The van der Waals surface area contributed by atoms with E-state index in [-0.39, 0.29) is 5.78 Å². The third kappa shape index (κ3) is 3.07. The van der Waals surface area contributed by atoms with Crippen molar-refractivity contribution < 1.29 is 14.0 Å². The van der Waals surface area contributed by atoms with Crippen LogP contribution in [0.1, 0.15) is 29.3 Å². The lowest BCUT2D eigenvalue weighted by Gasteiger charge is -2.44. The van der Waals surface area contributed by atoms with Crippen LogP contribution in [0.25, 0.3) is 0 Å². The fourth-order valence-electron chi connectivity index (χ4n) is 2.71. The smallest absolute Gasteiger partial charge is 0.193 e. The third-order valence-electron chi connectivity index (χ3n) is 5.20. The highest BCUT2D eigenvalue weighted by Crippen LogP contribution is 2.36. The summed E-state index contributed by atoms with van der Waals surface area (Å²) in [7, 11) is -1.60. The molecule has 0 N–H and O–H groups in total. The summed E-state index contributed by atoms with van der Waals surface area (Å²) in [6.07, 6.45) is 1.62. The lowest BCUT2D eigenvalue weighted by molar-refractivity contribution is 0.0440. The highest BCUT2D eigenvalue weighted by atomic mass is 29.3. The van der Waals surface area contributed by atoms with Crippen molar-refractivity contribution >= 4 is 21.2 Å². The summed E-state index contributed by atoms with van der Waals surface area (Å²) in [6.45, 7) is 13.5. The van der Waals surface area contributed by atoms with Gasteiger partial charge in [-0.3, -0.25) is 4.79 Å². The van der Waals surface area contributed by atoms with Gasteiger partial charge in [0.1, 0.15) is 11.4 Å². The number of benzene rings is 1. The number of hydrogen-bond donors (Lipinski definition) is 0. The number of carbonyl (C=O) groups excluding carboxylic acids is 1. The minimum absolute atomic E-state index is 0.134. The number of carbonyl (C=O) groups is 1. The molecule has 0 amide bonds. The zero-order valence-corrected chi connectivity index (χ0v) is 16.9. The van der Waals surface area contributed by atoms with Crippen LogP contribution in [-0.2, 0) is 10.8 Å². The monoisotopic (exact) mass is 336 g/mol. The first-order valence-electron chi connectivity index (χ1n) is 7.92. The predicted octanol–water partition coefficient (Wildman–Crippen LogP) is 4.22. The molecule has 1 aromatic carbocycles. The van der Waals surface area contributed by atoms with Crippen molar-refractivity contribution in [2.24, 2.45) is 0 Å². The van der Waals surface area contributed by atoms with E-state index in [1.54, 1.807) is 7.11 Å². The van der Waals surface area contributed by atoms with Crippen LogP contribution in [0, 0.1) is 0 Å². The Morgan fingerprint density at radius 2 is 1.77 bits per heavy atom. The molecule has 5 heteroatoms. The highest BCUT2D eigenvalue weighted by Gasteiger charge is 2.48. The standard InChI is InChI=1S/C17H28O3Si2/c1-17(20-22(6,7)21(3,4)5)11-10-13-12-14(19-2)8-9-15(13)16(17)18/h8-9,12H,10-11H2,1-7H3. The largest absolute Gasteiger partial charge is 0.497 e. The van der Waals surface area contributed by atoms with E-state index in [9.17, 15) is 4.79 Å². The van der Waals surface area contributed by atoms with Crippen molar-refractivity contribution in [2.75, 3.05) is 7.11 Å². The number of hydrogen-bond acceptors (Lipinski definition) is 3. The summed E-state index contributed by atoms with van der Waals surface area (Å²) in [5, 5.41) is 0. The molecular weight excluding hydrogens is 308 g/mol. The number of rotatable bonds is 4. The van der Waals surface area contributed by atoms with Gasteiger partial charge < -0.3 is 9.16 Å². The molecule has 122 valence electrons. The van der Waals surface area contributed by atoms with Crippen molar-refractivity contribution in [3.05, 3.63) is 29.3 Å². The van der Waals surface area contributed by atoms with Gasteiger partial charge in [-0.25, -0.2) is 0 Å². The second kappa shape index (κ2) is 5.62. The van der Waals surface area contributed by atoms with Gasteiger partial charge in [0, 0.05) is 5.56 Å². The molecule has 2 rings (SSSR count). The van der Waals surface area contributed by atoms with E-state index in [0.29, 0.717) is 0 Å². The minimum Gasteiger partial charge on any atom is -0.497 e. The van der Waals surface area contributed by atoms with Crippen LogP contribution in [0.5, 0.6) is 5.75 Å². The maximum absolute atomic E-state index is 13.0. The summed E-state index contributed by atoms with van der Waals surface area (Å²) in [5.41, 5.74) is 1.21. The molecule has 0 radical (unpaired) electrons. The van der Waals surface area contributed by atoms with E-state index in [1.807, 2.05) is 25.1 Å². The SMILES string of the molecule is COc1ccc2c(c1)CCC(C)(O[Si](C)(C)[Si](C)(C)C)C2=O. The Labute approximate surface area is 136 Å². The van der Waals surface area contributed by atoms with Gasteiger partial charge in [-0.15, -0.1) is 0 Å². The average molecular weight is 337 g/mol. The van der Waals surface area contributed by atoms with Gasteiger partial charge >= 0.3 is 0 Å². The predicted molar refractivity (Wildman–Crippen MR) is 96.0 cm³/mol. The number of fused-ring (bicyclic) bond motifs is 1. The number of ether oxygens (including phenoxy) is 1. The molecule has 0 saturated heterocycles. The summed E-state index contributed by atoms with van der Waals surface area (Å²) in [4.78, 5) is 13.0. The molecule has 0 saturated carbocycles. The molecule has 22 heavy (non-hydrogen) atoms. The van der Waals surface area contributed by atoms with Gasteiger partial charge in [-0.05, 0) is 56.6 Å². The first kappa shape index (κ1) is 17.4. The van der Waals surface area contributed by atoms with Crippen LogP contribution in [0.2, 0.25) is 32.7 Å². The average Bonchev–Trinajstić information content (AvgIpc) is 2.41. The second-order valence-corrected chi connectivity index (χ2v) is 23.8. The van der Waals surface area contributed by atoms with E-state index in [4.69, 9.17) is 9.16 Å². The maximum atomic E-state index is 13.0. The molecule has 1 unspecified atom stereocenters. The summed E-state index contributed by atoms with van der Waals surface area (Å²) < 4.78 is 11.8. The molecule has 3 nitrogen and oxygen atoms in total. The quantitative estimate of drug-likeness (QED) is 0.772. The lowest BCUT2D eigenvalue weighted by Crippen LogP contribution is -2.61. The summed E-state index contributed by atoms with van der Waals surface area (Å²) >= 11 is 0. The molecule has 1 aromatic rings. The zero-order valence-electron chi connectivity index (χ0n) is 14.9. The molecule has 0 aliphatic heterocycles. The summed E-state index contributed by atoms with van der Waals surface area (Å²) in [6, 6.07) is 5.73. The third-order valence-corrected chi connectivity index (χ3v) is 20.9. The minimum atomic E-state index is -1.85. The molecule has 1 atom stereocenters. The van der Waals surface area contributed by atoms with E-state index in [0.717, 1.165) is 29.7 Å². The Bertz CT molecular complexity index is 590. The van der Waals surface area contributed by atoms with E-state index < -0.39 is 21.0 Å². The number of Topliss-reactive ketones (excluding diaryl/α,β-unsaturated/α-hetero) is 1. The zero-order chi connectivity index (χ0) is 16.8. The van der Waals surface area contributed by atoms with Crippen molar-refractivity contribution in [1.82, 2.24) is 0 Å². The van der Waals surface area contributed by atoms with Gasteiger partial charge in [0.15, 0.2) is 13.6 Å². The Kier molecular flexibility index (Phi) is 4.45. The second-order valence-electron chi connectivity index (χ2n) is 7.95. The Morgan fingerprint density at radius 1 is 1.14 bits per heavy atom. The molecule has 1 aliphatic rings. The first-order valence-corrected chi connectivity index (χ1v) is 15.3. The van der Waals surface area contributed by atoms with Crippen molar-refractivity contribution in [1.29, 1.82) is 0 Å². The van der Waals surface area contributed by atoms with Crippen LogP contribution in [0.3, 0.4) is 0 Å². The van der Waals surface area contributed by atoms with E-state index >= 15 is 0 Å². The molecule has 1 aliphatic carbocycles. The van der Waals surface area contributed by atoms with Gasteiger partial charge in [0.25, 0.3) is 0 Å². The topological polar surface area (TPSA) is 35.5 Å². The van der Waals surface area contributed by atoms with Crippen molar-refractivity contribution in [3.8, 4) is 5.75 Å². The van der Waals surface area contributed by atoms with Crippen LogP contribution in [-0.4, -0.2) is 33.9 Å². The molecule has 0 spiro atoms. The number of ketones is 1. The van der Waals surface area contributed by atoms with Crippen LogP contribution in [0.4, 0.5) is 0 Å². The normalized spacial score (nSPS) is 22.4. The summed E-state index contributed by atoms with van der Waals surface area (Å²) in [5.74, 6) is 0.947. The van der Waals surface area contributed by atoms with Gasteiger partial charge in [0.2, 0.25) is 0 Å². The van der Waals surface area contributed by atoms with Gasteiger partial charge in [-0.2, -0.15) is 0 Å². The lowest BCUT2D eigenvalue weighted by atomic mass is 9.80. The number of aryl methyl sites for hydroxylation is 1. The van der Waals surface area contributed by atoms with Gasteiger partial charge in [0.05, 0.1) is 14.7 Å². The Balaban J connectivity index is 2.33. The van der Waals surface area contributed by atoms with Crippen LogP contribution < -0.4 is 4.74 Å². The Hall–Kier alpha value is -0.916. The molecular formula is C17H28O3Si2. The highest BCUT2D eigenvalue weighted by molar-refractivity contribution is 7.37. The maximum Gasteiger partial charge on any atom is 0.193 e. The molecule has 0 bridgehead atoms. The fourth-order valence-corrected chi connectivity index (χ4v) is 5.93. The molecule has 0 fully saturated rings. The van der Waals surface area contributed by atoms with Gasteiger partial charge in [-0.1, -0.05) is 19.6 Å². The van der Waals surface area contributed by atoms with E-state index in [1.165, 1.54) is 0 Å². The van der Waals surface area contributed by atoms with Crippen molar-refractivity contribution in [2.45, 2.75) is 58.1 Å². The molecule has 0 aromatic heterocycles. The van der Waals surface area contributed by atoms with E-state index in [2.05, 4.69) is 32.7 Å².